The highest BCUT2D eigenvalue weighted by atomic mass is 35.5. The van der Waals surface area contributed by atoms with E-state index in [1.807, 2.05) is 28.8 Å². The first kappa shape index (κ1) is 46.9. The molecule has 0 aromatic heterocycles. The molecule has 59 heavy (non-hydrogen) atoms. The Labute approximate surface area is 359 Å². The number of piperazine rings is 1. The molecule has 3 atom stereocenters. The van der Waals surface area contributed by atoms with Gasteiger partial charge in [0.2, 0.25) is 6.79 Å². The van der Waals surface area contributed by atoms with Crippen molar-refractivity contribution < 1.29 is 49.0 Å². The summed E-state index contributed by atoms with van der Waals surface area (Å²) in [5, 5.41) is 33.2. The van der Waals surface area contributed by atoms with Gasteiger partial charge in [-0.1, -0.05) is 60.6 Å². The number of aliphatic hydroxyl groups excluding tert-OH is 2. The Morgan fingerprint density at radius 3 is 1.93 bits per heavy atom. The minimum absolute atomic E-state index is 0. The van der Waals surface area contributed by atoms with Crippen LogP contribution in [0.25, 0.3) is 0 Å². The van der Waals surface area contributed by atoms with Crippen molar-refractivity contribution in [3.05, 3.63) is 102 Å². The van der Waals surface area contributed by atoms with Crippen molar-refractivity contribution in [3.8, 4) is 17.2 Å². The molecule has 3 unspecified atom stereocenters. The number of para-hydroxylation sites is 2. The topological polar surface area (TPSA) is 173 Å². The maximum atomic E-state index is 12.4. The van der Waals surface area contributed by atoms with Crippen LogP contribution in [-0.4, -0.2) is 132 Å². The van der Waals surface area contributed by atoms with Crippen LogP contribution < -0.4 is 19.1 Å². The van der Waals surface area contributed by atoms with Crippen molar-refractivity contribution in [2.24, 2.45) is 5.92 Å². The lowest BCUT2D eigenvalue weighted by molar-refractivity contribution is -0.165. The van der Waals surface area contributed by atoms with Crippen molar-refractivity contribution in [2.75, 3.05) is 71.7 Å². The molecule has 4 aromatic rings. The number of carboxylic acids is 2. The Morgan fingerprint density at radius 1 is 0.814 bits per heavy atom. The molecular weight excluding hydrogens is 823 g/mol. The van der Waals surface area contributed by atoms with Crippen LogP contribution in [0.3, 0.4) is 0 Å². The van der Waals surface area contributed by atoms with Gasteiger partial charge in [0.05, 0.1) is 11.4 Å². The highest BCUT2D eigenvalue weighted by Gasteiger charge is 2.29. The molecule has 3 aliphatic heterocycles. The number of rotatable bonds is 12. The van der Waals surface area contributed by atoms with Crippen LogP contribution >= 0.6 is 35.8 Å². The number of hydrogen-bond acceptors (Lipinski definition) is 12. The number of hydrogen-bond donors (Lipinski definition) is 4. The minimum atomic E-state index is -2.27. The van der Waals surface area contributed by atoms with Gasteiger partial charge in [-0.05, 0) is 86.2 Å². The Kier molecular flexibility index (Phi) is 18.0. The van der Waals surface area contributed by atoms with Crippen LogP contribution in [-0.2, 0) is 20.9 Å². The molecule has 4 N–H and O–H groups in total. The zero-order valence-electron chi connectivity index (χ0n) is 33.0. The quantitative estimate of drug-likeness (QED) is 0.139. The summed E-state index contributed by atoms with van der Waals surface area (Å²) in [5.74, 6) is -0.661. The highest BCUT2D eigenvalue weighted by Crippen LogP contribution is 2.48. The predicted octanol–water partition coefficient (Wildman–Crippen LogP) is 5.58. The van der Waals surface area contributed by atoms with Crippen molar-refractivity contribution in [3.63, 3.8) is 0 Å². The Bertz CT molecular complexity index is 1940. The third-order valence-corrected chi connectivity index (χ3v) is 10.6. The molecule has 0 bridgehead atoms. The summed E-state index contributed by atoms with van der Waals surface area (Å²) >= 11 is 7.72. The van der Waals surface area contributed by atoms with Gasteiger partial charge in [-0.15, -0.1) is 12.4 Å². The highest BCUT2D eigenvalue weighted by molar-refractivity contribution is 7.99. The largest absolute Gasteiger partial charge is 0.484 e. The van der Waals surface area contributed by atoms with E-state index in [2.05, 4.69) is 90.3 Å². The fraction of sp³-hybridized carbons (Fsp3) is 0.357. The standard InChI is InChI=1S/C20H21ClN2O4.C18H22N2S.C4H6O6.ClH/c21-16-2-4-17(5-3-16)25-13-20(24)23-9-7-22(8-10-23)12-15-1-6-18-19(11-15)27-14-26-18;1-14(12-19(2)3)13-20-15-8-4-6-10-17(15)21-18-11-7-5-9-16(18)20;5-1(3(7)8)2(6)4(9)10;/h1-6,11H,7-10,12-14H2;4-11,14H,12-13H2,1-3H3;1-2,5-6H,(H,7,8)(H,9,10);1H. The molecular formula is C42H50Cl2N4O10S. The van der Waals surface area contributed by atoms with E-state index < -0.39 is 24.1 Å². The van der Waals surface area contributed by atoms with E-state index in [1.165, 1.54) is 26.7 Å². The van der Waals surface area contributed by atoms with E-state index in [4.69, 9.17) is 46.2 Å². The molecule has 0 aliphatic carbocycles. The lowest BCUT2D eigenvalue weighted by Gasteiger charge is -2.35. The number of fused-ring (bicyclic) bond motifs is 3. The van der Waals surface area contributed by atoms with E-state index in [0.29, 0.717) is 29.8 Å². The number of amides is 1. The molecule has 14 nitrogen and oxygen atoms in total. The van der Waals surface area contributed by atoms with Gasteiger partial charge in [-0.25, -0.2) is 9.59 Å². The molecule has 7 rings (SSSR count). The number of benzene rings is 4. The Morgan fingerprint density at radius 2 is 1.37 bits per heavy atom. The summed E-state index contributed by atoms with van der Waals surface area (Å²) in [6, 6.07) is 30.5. The number of carboxylic acid groups (broad SMARTS) is 2. The molecule has 0 radical (unpaired) electrons. The number of nitrogens with zero attached hydrogens (tertiary/aromatic N) is 4. The number of ether oxygens (including phenoxy) is 3. The lowest BCUT2D eigenvalue weighted by Crippen LogP contribution is -2.49. The fourth-order valence-electron chi connectivity index (χ4n) is 6.46. The maximum absolute atomic E-state index is 12.4. The molecule has 17 heteroatoms. The van der Waals surface area contributed by atoms with Gasteiger partial charge in [0, 0.05) is 60.6 Å². The minimum Gasteiger partial charge on any atom is -0.484 e. The predicted molar refractivity (Wildman–Crippen MR) is 228 cm³/mol. The van der Waals surface area contributed by atoms with Gasteiger partial charge in [0.25, 0.3) is 5.91 Å². The fourth-order valence-corrected chi connectivity index (χ4v) is 7.68. The summed E-state index contributed by atoms with van der Waals surface area (Å²) in [6.45, 7) is 8.72. The summed E-state index contributed by atoms with van der Waals surface area (Å²) < 4.78 is 16.3. The third kappa shape index (κ3) is 13.6. The number of anilines is 2. The second-order valence-electron chi connectivity index (χ2n) is 14.2. The van der Waals surface area contributed by atoms with Crippen LogP contribution in [0, 0.1) is 5.92 Å². The second-order valence-corrected chi connectivity index (χ2v) is 15.7. The summed E-state index contributed by atoms with van der Waals surface area (Å²) in [7, 11) is 4.29. The summed E-state index contributed by atoms with van der Waals surface area (Å²) in [6.07, 6.45) is -4.53. The molecule has 3 heterocycles. The number of aliphatic hydroxyl groups is 2. The lowest BCUT2D eigenvalue weighted by atomic mass is 10.1. The molecule has 1 saturated heterocycles. The Balaban J connectivity index is 0.000000214. The van der Waals surface area contributed by atoms with Gasteiger partial charge in [-0.2, -0.15) is 0 Å². The van der Waals surface area contributed by atoms with Crippen molar-refractivity contribution in [1.82, 2.24) is 14.7 Å². The molecule has 0 spiro atoms. The normalized spacial score (nSPS) is 15.4. The van der Waals surface area contributed by atoms with Gasteiger partial charge in [0.1, 0.15) is 5.75 Å². The van der Waals surface area contributed by atoms with E-state index in [-0.39, 0.29) is 31.7 Å². The zero-order chi connectivity index (χ0) is 41.8. The van der Waals surface area contributed by atoms with Gasteiger partial charge < -0.3 is 49.3 Å². The average molecular weight is 874 g/mol. The van der Waals surface area contributed by atoms with Crippen LogP contribution in [0.1, 0.15) is 12.5 Å². The van der Waals surface area contributed by atoms with Gasteiger partial charge in [-0.3, -0.25) is 9.69 Å². The smallest absolute Gasteiger partial charge is 0.335 e. The molecule has 0 saturated carbocycles. The number of carbonyl (C=O) groups excluding carboxylic acids is 1. The first-order valence-electron chi connectivity index (χ1n) is 18.7. The number of aliphatic carboxylic acids is 2. The molecule has 318 valence electrons. The SMILES string of the molecule is CC(CN(C)C)CN1c2ccccc2Sc2ccccc21.Cl.O=C(COc1ccc(Cl)cc1)N1CCN(Cc2ccc3c(c2)OCO3)CC1.O=C(O)C(O)C(O)C(=O)O. The number of carbonyl (C=O) groups is 3. The molecule has 4 aromatic carbocycles. The first-order valence-corrected chi connectivity index (χ1v) is 19.9. The molecule has 3 aliphatic rings. The second kappa shape index (κ2) is 22.6. The van der Waals surface area contributed by atoms with Crippen molar-refractivity contribution >= 4 is 65.0 Å². The average Bonchev–Trinajstić information content (AvgIpc) is 3.68. The van der Waals surface area contributed by atoms with Crippen LogP contribution in [0.15, 0.2) is 101 Å². The van der Waals surface area contributed by atoms with E-state index in [9.17, 15) is 14.4 Å². The van der Waals surface area contributed by atoms with E-state index in [1.54, 1.807) is 24.3 Å². The van der Waals surface area contributed by atoms with Gasteiger partial charge >= 0.3 is 11.9 Å². The van der Waals surface area contributed by atoms with Crippen LogP contribution in [0.4, 0.5) is 11.4 Å². The van der Waals surface area contributed by atoms with E-state index >= 15 is 0 Å². The van der Waals surface area contributed by atoms with E-state index in [0.717, 1.165) is 44.2 Å². The van der Waals surface area contributed by atoms with Crippen LogP contribution in [0.5, 0.6) is 17.2 Å². The monoisotopic (exact) mass is 872 g/mol. The first-order chi connectivity index (χ1) is 27.8. The molecule has 1 amide bonds. The Hall–Kier alpha value is -4.74. The van der Waals surface area contributed by atoms with Gasteiger partial charge in [0.15, 0.2) is 30.3 Å². The number of halogens is 2. The zero-order valence-corrected chi connectivity index (χ0v) is 35.4. The van der Waals surface area contributed by atoms with Crippen molar-refractivity contribution in [2.45, 2.75) is 35.5 Å². The van der Waals surface area contributed by atoms with Crippen molar-refractivity contribution in [1.29, 1.82) is 0 Å². The summed E-state index contributed by atoms with van der Waals surface area (Å²) in [5.41, 5.74) is 3.86. The van der Waals surface area contributed by atoms with Crippen LogP contribution in [0.2, 0.25) is 5.02 Å². The maximum Gasteiger partial charge on any atom is 0.335 e. The summed E-state index contributed by atoms with van der Waals surface area (Å²) in [4.78, 5) is 43.5. The molecule has 1 fully saturated rings. The third-order valence-electron chi connectivity index (χ3n) is 9.25.